The van der Waals surface area contributed by atoms with Crippen molar-refractivity contribution in [2.45, 2.75) is 24.9 Å². The molecule has 1 aliphatic rings. The van der Waals surface area contributed by atoms with Crippen molar-refractivity contribution >= 4 is 17.7 Å². The average Bonchev–Trinajstić information content (AvgIpc) is 2.60. The van der Waals surface area contributed by atoms with Crippen LogP contribution in [0.5, 0.6) is 0 Å². The van der Waals surface area contributed by atoms with Crippen molar-refractivity contribution in [3.8, 4) is 0 Å². The van der Waals surface area contributed by atoms with Gasteiger partial charge in [-0.25, -0.2) is 4.39 Å². The third-order valence-electron chi connectivity index (χ3n) is 5.14. The first kappa shape index (κ1) is 19.1. The molecule has 2 unspecified atom stereocenters. The predicted octanol–water partition coefficient (Wildman–Crippen LogP) is 5.11. The second-order valence-electron chi connectivity index (χ2n) is 7.35. The monoisotopic (exact) mass is 373 g/mol. The van der Waals surface area contributed by atoms with Crippen molar-refractivity contribution in [1.82, 2.24) is 4.90 Å². The molecule has 2 aromatic rings. The Morgan fingerprint density at radius 3 is 2.62 bits per heavy atom. The highest BCUT2D eigenvalue weighted by molar-refractivity contribution is 6.30. The van der Waals surface area contributed by atoms with Crippen LogP contribution in [0.25, 0.3) is 6.08 Å². The largest absolute Gasteiger partial charge is 0.380 e. The molecule has 2 aromatic carbocycles. The SMILES string of the molecule is CN(C)CC1CCCC(=Cc2ccc(Cl)cc2)C1(O)c1cccc(F)c1. The van der Waals surface area contributed by atoms with Crippen LogP contribution in [0.2, 0.25) is 5.02 Å². The minimum absolute atomic E-state index is 0.00611. The highest BCUT2D eigenvalue weighted by atomic mass is 35.5. The van der Waals surface area contributed by atoms with Gasteiger partial charge in [-0.15, -0.1) is 0 Å². The lowest BCUT2D eigenvalue weighted by atomic mass is 9.67. The molecule has 1 N–H and O–H groups in total. The van der Waals surface area contributed by atoms with E-state index in [1.165, 1.54) is 12.1 Å². The van der Waals surface area contributed by atoms with E-state index in [0.29, 0.717) is 10.6 Å². The molecule has 0 saturated heterocycles. The summed E-state index contributed by atoms with van der Waals surface area (Å²) in [6, 6.07) is 13.9. The van der Waals surface area contributed by atoms with Crippen LogP contribution in [0.3, 0.4) is 0 Å². The molecule has 0 amide bonds. The zero-order chi connectivity index (χ0) is 18.7. The average molecular weight is 374 g/mol. The van der Waals surface area contributed by atoms with Crippen molar-refractivity contribution in [3.63, 3.8) is 0 Å². The van der Waals surface area contributed by atoms with E-state index in [-0.39, 0.29) is 11.7 Å². The quantitative estimate of drug-likeness (QED) is 0.804. The molecule has 2 nitrogen and oxygen atoms in total. The van der Waals surface area contributed by atoms with Gasteiger partial charge in [-0.3, -0.25) is 0 Å². The molecule has 4 heteroatoms. The van der Waals surface area contributed by atoms with E-state index in [9.17, 15) is 9.50 Å². The fraction of sp³-hybridized carbons (Fsp3) is 0.364. The molecule has 0 spiro atoms. The number of halogens is 2. The number of aliphatic hydroxyl groups is 1. The van der Waals surface area contributed by atoms with E-state index in [4.69, 9.17) is 11.6 Å². The molecule has 0 radical (unpaired) electrons. The molecule has 138 valence electrons. The van der Waals surface area contributed by atoms with Crippen molar-refractivity contribution in [3.05, 3.63) is 76.1 Å². The fourth-order valence-corrected chi connectivity index (χ4v) is 4.08. The van der Waals surface area contributed by atoms with Crippen molar-refractivity contribution in [1.29, 1.82) is 0 Å². The summed E-state index contributed by atoms with van der Waals surface area (Å²) in [5, 5.41) is 12.5. The molecule has 26 heavy (non-hydrogen) atoms. The molecule has 2 atom stereocenters. The molecule has 3 rings (SSSR count). The van der Waals surface area contributed by atoms with E-state index >= 15 is 0 Å². The van der Waals surface area contributed by atoms with Gasteiger partial charge < -0.3 is 10.0 Å². The maximum Gasteiger partial charge on any atom is 0.123 e. The molecule has 0 aliphatic heterocycles. The normalized spacial score (nSPS) is 25.0. The summed E-state index contributed by atoms with van der Waals surface area (Å²) in [6.07, 6.45) is 4.74. The van der Waals surface area contributed by atoms with Crippen molar-refractivity contribution in [2.75, 3.05) is 20.6 Å². The first-order chi connectivity index (χ1) is 12.4. The summed E-state index contributed by atoms with van der Waals surface area (Å²) in [5.74, 6) is -0.317. The van der Waals surface area contributed by atoms with Gasteiger partial charge in [-0.05, 0) is 74.3 Å². The minimum atomic E-state index is -1.18. The standard InChI is InChI=1S/C22H25ClFNO/c1-25(2)15-19-7-3-5-17(13-16-9-11-20(23)12-10-16)22(19,26)18-6-4-8-21(24)14-18/h4,6,8-14,19,26H,3,5,7,15H2,1-2H3. The number of benzene rings is 2. The second-order valence-corrected chi connectivity index (χ2v) is 7.79. The lowest BCUT2D eigenvalue weighted by Crippen LogP contribution is -2.44. The Morgan fingerprint density at radius 2 is 1.96 bits per heavy atom. The first-order valence-corrected chi connectivity index (χ1v) is 9.37. The maximum absolute atomic E-state index is 13.9. The van der Waals surface area contributed by atoms with E-state index in [1.54, 1.807) is 6.07 Å². The smallest absolute Gasteiger partial charge is 0.123 e. The molecule has 1 saturated carbocycles. The molecule has 0 bridgehead atoms. The van der Waals surface area contributed by atoms with Crippen LogP contribution >= 0.6 is 11.6 Å². The van der Waals surface area contributed by atoms with Gasteiger partial charge in [0.1, 0.15) is 11.4 Å². The topological polar surface area (TPSA) is 23.5 Å². The van der Waals surface area contributed by atoms with Gasteiger partial charge in [0.25, 0.3) is 0 Å². The van der Waals surface area contributed by atoms with E-state index in [1.807, 2.05) is 50.5 Å². The summed E-state index contributed by atoms with van der Waals surface area (Å²) in [7, 11) is 4.01. The molecule has 1 aliphatic carbocycles. The van der Waals surface area contributed by atoms with Crippen LogP contribution in [0.1, 0.15) is 30.4 Å². The van der Waals surface area contributed by atoms with Crippen LogP contribution in [-0.2, 0) is 5.60 Å². The fourth-order valence-electron chi connectivity index (χ4n) is 3.95. The predicted molar refractivity (Wildman–Crippen MR) is 106 cm³/mol. The molecular formula is C22H25ClFNO. The lowest BCUT2D eigenvalue weighted by Gasteiger charge is -2.44. The van der Waals surface area contributed by atoms with Crippen molar-refractivity contribution < 1.29 is 9.50 Å². The summed E-state index contributed by atoms with van der Waals surface area (Å²) < 4.78 is 13.9. The van der Waals surface area contributed by atoms with Gasteiger partial charge in [0.05, 0.1) is 0 Å². The molecule has 0 aromatic heterocycles. The number of nitrogens with zero attached hydrogens (tertiary/aromatic N) is 1. The summed E-state index contributed by atoms with van der Waals surface area (Å²) >= 11 is 5.99. The number of hydrogen-bond acceptors (Lipinski definition) is 2. The first-order valence-electron chi connectivity index (χ1n) is 8.99. The molecule has 1 fully saturated rings. The summed E-state index contributed by atoms with van der Waals surface area (Å²) in [4.78, 5) is 2.08. The zero-order valence-corrected chi connectivity index (χ0v) is 16.0. The Hall–Kier alpha value is -1.68. The summed E-state index contributed by atoms with van der Waals surface area (Å²) in [5.41, 5.74) is 1.38. The van der Waals surface area contributed by atoms with E-state index in [2.05, 4.69) is 4.90 Å². The van der Waals surface area contributed by atoms with E-state index in [0.717, 1.165) is 36.9 Å². The highest BCUT2D eigenvalue weighted by Crippen LogP contribution is 2.46. The van der Waals surface area contributed by atoms with Crippen LogP contribution in [0.15, 0.2) is 54.1 Å². The third kappa shape index (κ3) is 4.01. The van der Waals surface area contributed by atoms with Crippen LogP contribution < -0.4 is 0 Å². The van der Waals surface area contributed by atoms with E-state index < -0.39 is 5.60 Å². The van der Waals surface area contributed by atoms with Gasteiger partial charge in [0.15, 0.2) is 0 Å². The number of hydrogen-bond donors (Lipinski definition) is 1. The maximum atomic E-state index is 13.9. The van der Waals surface area contributed by atoms with Crippen LogP contribution in [-0.4, -0.2) is 30.6 Å². The number of rotatable bonds is 4. The van der Waals surface area contributed by atoms with Gasteiger partial charge in [-0.1, -0.05) is 41.9 Å². The highest BCUT2D eigenvalue weighted by Gasteiger charge is 2.44. The van der Waals surface area contributed by atoms with Crippen molar-refractivity contribution in [2.24, 2.45) is 5.92 Å². The Bertz CT molecular complexity index is 787. The van der Waals surface area contributed by atoms with Gasteiger partial charge >= 0.3 is 0 Å². The van der Waals surface area contributed by atoms with Gasteiger partial charge in [0.2, 0.25) is 0 Å². The van der Waals surface area contributed by atoms with Gasteiger partial charge in [-0.2, -0.15) is 0 Å². The Labute approximate surface area is 159 Å². The molecular weight excluding hydrogens is 349 g/mol. The third-order valence-corrected chi connectivity index (χ3v) is 5.39. The Kier molecular flexibility index (Phi) is 5.81. The zero-order valence-electron chi connectivity index (χ0n) is 15.3. The molecule has 0 heterocycles. The van der Waals surface area contributed by atoms with Gasteiger partial charge in [0, 0.05) is 17.5 Å². The second kappa shape index (κ2) is 7.91. The van der Waals surface area contributed by atoms with Crippen LogP contribution in [0, 0.1) is 11.7 Å². The Balaban J connectivity index is 2.09. The van der Waals surface area contributed by atoms with Crippen LogP contribution in [0.4, 0.5) is 4.39 Å². The Morgan fingerprint density at radius 1 is 1.23 bits per heavy atom. The summed E-state index contributed by atoms with van der Waals surface area (Å²) in [6.45, 7) is 0.741. The minimum Gasteiger partial charge on any atom is -0.380 e. The lowest BCUT2D eigenvalue weighted by molar-refractivity contribution is -0.0176.